The average molecular weight is 402 g/mol. The minimum absolute atomic E-state index is 0.0590. The van der Waals surface area contributed by atoms with Crippen LogP contribution in [0.2, 0.25) is 0 Å². The third-order valence-electron chi connectivity index (χ3n) is 4.80. The van der Waals surface area contributed by atoms with Gasteiger partial charge in [0.15, 0.2) is 11.0 Å². The first-order chi connectivity index (χ1) is 13.6. The van der Waals surface area contributed by atoms with Gasteiger partial charge in [-0.15, -0.1) is 10.2 Å². The van der Waals surface area contributed by atoms with E-state index in [1.54, 1.807) is 0 Å². The lowest BCUT2D eigenvalue weighted by molar-refractivity contribution is -0.119. The Hall–Kier alpha value is -2.35. The van der Waals surface area contributed by atoms with E-state index in [1.165, 1.54) is 37.9 Å². The molecule has 7 nitrogen and oxygen atoms in total. The maximum Gasteiger partial charge on any atom is 0.230 e. The Morgan fingerprint density at radius 2 is 1.86 bits per heavy atom. The second-order valence-electron chi connectivity index (χ2n) is 7.00. The van der Waals surface area contributed by atoms with Gasteiger partial charge in [-0.3, -0.25) is 9.59 Å². The van der Waals surface area contributed by atoms with Crippen molar-refractivity contribution in [3.05, 3.63) is 24.3 Å². The van der Waals surface area contributed by atoms with Crippen LogP contribution >= 0.6 is 11.8 Å². The van der Waals surface area contributed by atoms with E-state index in [4.69, 9.17) is 0 Å². The molecule has 1 aromatic heterocycles. The zero-order valence-electron chi connectivity index (χ0n) is 16.4. The standard InChI is InChI=1S/C20H27N5O2S/c1-3-25-19(15-9-11-17(12-10-15)21-14(2)26)23-24-20(25)28-13-18(27)22-16-7-5-4-6-8-16/h9-12,16H,3-8,13H2,1-2H3,(H,21,26)(H,22,27). The van der Waals surface area contributed by atoms with E-state index in [0.29, 0.717) is 18.3 Å². The fourth-order valence-electron chi connectivity index (χ4n) is 3.45. The van der Waals surface area contributed by atoms with Crippen molar-refractivity contribution in [2.24, 2.45) is 0 Å². The first-order valence-corrected chi connectivity index (χ1v) is 10.8. The number of carbonyl (C=O) groups is 2. The van der Waals surface area contributed by atoms with Crippen LogP contribution in [-0.4, -0.2) is 38.4 Å². The average Bonchev–Trinajstić information content (AvgIpc) is 3.10. The molecule has 150 valence electrons. The molecule has 1 aliphatic rings. The van der Waals surface area contributed by atoms with Gasteiger partial charge in [-0.1, -0.05) is 31.0 Å². The fraction of sp³-hybridized carbons (Fsp3) is 0.500. The largest absolute Gasteiger partial charge is 0.353 e. The van der Waals surface area contributed by atoms with Gasteiger partial charge in [-0.05, 0) is 44.0 Å². The SMILES string of the molecule is CCn1c(SCC(=O)NC2CCCCC2)nnc1-c1ccc(NC(C)=O)cc1. The van der Waals surface area contributed by atoms with Gasteiger partial charge < -0.3 is 15.2 Å². The third-order valence-corrected chi connectivity index (χ3v) is 5.77. The summed E-state index contributed by atoms with van der Waals surface area (Å²) in [5.41, 5.74) is 1.66. The van der Waals surface area contributed by atoms with Crippen LogP contribution in [0.3, 0.4) is 0 Å². The van der Waals surface area contributed by atoms with E-state index in [1.807, 2.05) is 35.8 Å². The molecule has 0 radical (unpaired) electrons. The number of rotatable bonds is 7. The third kappa shape index (κ3) is 5.34. The molecule has 0 unspecified atom stereocenters. The summed E-state index contributed by atoms with van der Waals surface area (Å²) in [6.07, 6.45) is 5.84. The van der Waals surface area contributed by atoms with Gasteiger partial charge in [-0.25, -0.2) is 0 Å². The lowest BCUT2D eigenvalue weighted by Crippen LogP contribution is -2.37. The van der Waals surface area contributed by atoms with Crippen molar-refractivity contribution in [1.29, 1.82) is 0 Å². The normalized spacial score (nSPS) is 14.6. The summed E-state index contributed by atoms with van der Waals surface area (Å²) in [6.45, 7) is 4.22. The van der Waals surface area contributed by atoms with Crippen molar-refractivity contribution in [3.63, 3.8) is 0 Å². The zero-order chi connectivity index (χ0) is 19.9. The van der Waals surface area contributed by atoms with Crippen molar-refractivity contribution < 1.29 is 9.59 Å². The smallest absolute Gasteiger partial charge is 0.230 e. The van der Waals surface area contributed by atoms with Crippen LogP contribution in [0.25, 0.3) is 11.4 Å². The van der Waals surface area contributed by atoms with Gasteiger partial charge in [0, 0.05) is 30.8 Å². The number of amides is 2. The van der Waals surface area contributed by atoms with Gasteiger partial charge in [0.05, 0.1) is 5.75 Å². The first kappa shape index (κ1) is 20.4. The summed E-state index contributed by atoms with van der Waals surface area (Å²) in [6, 6.07) is 7.83. The van der Waals surface area contributed by atoms with Crippen LogP contribution in [0.1, 0.15) is 46.0 Å². The Morgan fingerprint density at radius 1 is 1.14 bits per heavy atom. The molecule has 8 heteroatoms. The van der Waals surface area contributed by atoms with Gasteiger partial charge in [0.25, 0.3) is 0 Å². The highest BCUT2D eigenvalue weighted by Gasteiger charge is 2.18. The van der Waals surface area contributed by atoms with Crippen molar-refractivity contribution in [3.8, 4) is 11.4 Å². The number of hydrogen-bond acceptors (Lipinski definition) is 5. The Kier molecular flexibility index (Phi) is 7.08. The van der Waals surface area contributed by atoms with E-state index in [2.05, 4.69) is 20.8 Å². The summed E-state index contributed by atoms with van der Waals surface area (Å²) >= 11 is 1.42. The Labute approximate surface area is 169 Å². The number of hydrogen-bond donors (Lipinski definition) is 2. The second kappa shape index (κ2) is 9.73. The molecule has 1 heterocycles. The predicted molar refractivity (Wildman–Crippen MR) is 111 cm³/mol. The second-order valence-corrected chi connectivity index (χ2v) is 7.94. The molecular weight excluding hydrogens is 374 g/mol. The first-order valence-electron chi connectivity index (χ1n) is 9.80. The highest BCUT2D eigenvalue weighted by molar-refractivity contribution is 7.99. The quantitative estimate of drug-likeness (QED) is 0.694. The summed E-state index contributed by atoms with van der Waals surface area (Å²) in [4.78, 5) is 23.4. The number of nitrogens with one attached hydrogen (secondary N) is 2. The van der Waals surface area contributed by atoms with Crippen molar-refractivity contribution in [2.45, 2.75) is 63.7 Å². The molecule has 2 N–H and O–H groups in total. The van der Waals surface area contributed by atoms with E-state index in [-0.39, 0.29) is 11.8 Å². The number of thioether (sulfide) groups is 1. The molecule has 0 aliphatic heterocycles. The van der Waals surface area contributed by atoms with Crippen LogP contribution in [0.15, 0.2) is 29.4 Å². The molecule has 1 aromatic carbocycles. The van der Waals surface area contributed by atoms with E-state index < -0.39 is 0 Å². The van der Waals surface area contributed by atoms with Gasteiger partial charge >= 0.3 is 0 Å². The molecule has 0 bridgehead atoms. The van der Waals surface area contributed by atoms with E-state index in [9.17, 15) is 9.59 Å². The van der Waals surface area contributed by atoms with Gasteiger partial charge in [-0.2, -0.15) is 0 Å². The Morgan fingerprint density at radius 3 is 2.50 bits per heavy atom. The molecule has 1 saturated carbocycles. The summed E-state index contributed by atoms with van der Waals surface area (Å²) in [5.74, 6) is 1.06. The summed E-state index contributed by atoms with van der Waals surface area (Å²) in [5, 5.41) is 15.2. The molecule has 28 heavy (non-hydrogen) atoms. The number of aromatic nitrogens is 3. The highest BCUT2D eigenvalue weighted by Crippen LogP contribution is 2.25. The predicted octanol–water partition coefficient (Wildman–Crippen LogP) is 3.46. The molecule has 0 atom stereocenters. The van der Waals surface area contributed by atoms with Gasteiger partial charge in [0.2, 0.25) is 11.8 Å². The molecule has 1 fully saturated rings. The monoisotopic (exact) mass is 401 g/mol. The molecule has 3 rings (SSSR count). The summed E-state index contributed by atoms with van der Waals surface area (Å²) < 4.78 is 2.01. The Balaban J connectivity index is 1.63. The van der Waals surface area contributed by atoms with Crippen LogP contribution in [0, 0.1) is 0 Å². The topological polar surface area (TPSA) is 88.9 Å². The summed E-state index contributed by atoms with van der Waals surface area (Å²) in [7, 11) is 0. The molecule has 1 aliphatic carbocycles. The van der Waals surface area contributed by atoms with Crippen LogP contribution in [0.4, 0.5) is 5.69 Å². The number of nitrogens with zero attached hydrogens (tertiary/aromatic N) is 3. The van der Waals surface area contributed by atoms with Crippen LogP contribution in [0.5, 0.6) is 0 Å². The minimum atomic E-state index is -0.102. The molecule has 2 aromatic rings. The number of carbonyl (C=O) groups excluding carboxylic acids is 2. The zero-order valence-corrected chi connectivity index (χ0v) is 17.2. The van der Waals surface area contributed by atoms with Crippen molar-refractivity contribution in [1.82, 2.24) is 20.1 Å². The highest BCUT2D eigenvalue weighted by atomic mass is 32.2. The lowest BCUT2D eigenvalue weighted by atomic mass is 9.95. The van der Waals surface area contributed by atoms with Crippen molar-refractivity contribution in [2.75, 3.05) is 11.1 Å². The van der Waals surface area contributed by atoms with Crippen LogP contribution < -0.4 is 10.6 Å². The van der Waals surface area contributed by atoms with E-state index in [0.717, 1.165) is 35.1 Å². The molecule has 0 spiro atoms. The number of anilines is 1. The van der Waals surface area contributed by atoms with Crippen molar-refractivity contribution >= 4 is 29.3 Å². The van der Waals surface area contributed by atoms with E-state index >= 15 is 0 Å². The molecule has 0 saturated heterocycles. The maximum atomic E-state index is 12.3. The fourth-order valence-corrected chi connectivity index (χ4v) is 4.26. The molecular formula is C20H27N5O2S. The van der Waals surface area contributed by atoms with Gasteiger partial charge in [0.1, 0.15) is 0 Å². The molecule has 2 amide bonds. The number of benzene rings is 1. The Bertz CT molecular complexity index is 813. The minimum Gasteiger partial charge on any atom is -0.353 e. The van der Waals surface area contributed by atoms with Crippen LogP contribution in [-0.2, 0) is 16.1 Å². The maximum absolute atomic E-state index is 12.3. The lowest BCUT2D eigenvalue weighted by Gasteiger charge is -2.22.